The van der Waals surface area contributed by atoms with Crippen LogP contribution in [0.1, 0.15) is 13.3 Å². The summed E-state index contributed by atoms with van der Waals surface area (Å²) in [4.78, 5) is 22.5. The van der Waals surface area contributed by atoms with Crippen LogP contribution in [0.25, 0.3) is 0 Å². The molecular formula is C7H9F3N2O2. The van der Waals surface area contributed by atoms with Crippen LogP contribution in [0, 0.1) is 0 Å². The van der Waals surface area contributed by atoms with Gasteiger partial charge in [-0.2, -0.15) is 13.2 Å². The van der Waals surface area contributed by atoms with Crippen molar-refractivity contribution in [2.24, 2.45) is 0 Å². The van der Waals surface area contributed by atoms with Crippen molar-refractivity contribution in [3.63, 3.8) is 0 Å². The third kappa shape index (κ3) is 2.61. The maximum absolute atomic E-state index is 11.9. The highest BCUT2D eigenvalue weighted by Crippen LogP contribution is 2.24. The molecule has 0 saturated carbocycles. The molecule has 1 heterocycles. The Balaban J connectivity index is 2.57. The van der Waals surface area contributed by atoms with E-state index in [0.29, 0.717) is 0 Å². The summed E-state index contributed by atoms with van der Waals surface area (Å²) in [5, 5.41) is 1.91. The Hall–Kier alpha value is -1.27. The van der Waals surface area contributed by atoms with Crippen LogP contribution < -0.4 is 5.32 Å². The minimum Gasteiger partial charge on any atom is -0.312 e. The zero-order valence-corrected chi connectivity index (χ0v) is 7.39. The summed E-state index contributed by atoms with van der Waals surface area (Å²) in [5.74, 6) is -0.566. The van der Waals surface area contributed by atoms with E-state index < -0.39 is 30.6 Å². The third-order valence-electron chi connectivity index (χ3n) is 1.88. The number of nitrogens with zero attached hydrogens (tertiary/aromatic N) is 1. The summed E-state index contributed by atoms with van der Waals surface area (Å²) in [6.45, 7) is 0.960. The number of carbonyl (C=O) groups excluding carboxylic acids is 2. The van der Waals surface area contributed by atoms with Crippen molar-refractivity contribution in [2.45, 2.75) is 25.6 Å². The van der Waals surface area contributed by atoms with Crippen LogP contribution in [0.2, 0.25) is 0 Å². The Morgan fingerprint density at radius 2 is 2.07 bits per heavy atom. The first-order valence-electron chi connectivity index (χ1n) is 3.97. The summed E-state index contributed by atoms with van der Waals surface area (Å²) in [6.07, 6.45) is -5.43. The molecule has 3 amide bonds. The summed E-state index contributed by atoms with van der Waals surface area (Å²) < 4.78 is 35.8. The molecular weight excluding hydrogens is 201 g/mol. The molecule has 1 aliphatic heterocycles. The number of rotatable bonds is 2. The van der Waals surface area contributed by atoms with Gasteiger partial charge in [-0.05, 0) is 6.92 Å². The van der Waals surface area contributed by atoms with E-state index in [9.17, 15) is 22.8 Å². The van der Waals surface area contributed by atoms with Gasteiger partial charge in [-0.15, -0.1) is 0 Å². The SMILES string of the molecule is CC(CC(F)(F)F)N1CC(=O)NC1=O. The molecule has 0 radical (unpaired) electrons. The van der Waals surface area contributed by atoms with Crippen molar-refractivity contribution >= 4 is 11.9 Å². The van der Waals surface area contributed by atoms with Crippen molar-refractivity contribution < 1.29 is 22.8 Å². The fraction of sp³-hybridized carbons (Fsp3) is 0.714. The van der Waals surface area contributed by atoms with Crippen LogP contribution in [0.4, 0.5) is 18.0 Å². The molecule has 1 fully saturated rings. The van der Waals surface area contributed by atoms with Crippen molar-refractivity contribution in [3.8, 4) is 0 Å². The summed E-state index contributed by atoms with van der Waals surface area (Å²) in [7, 11) is 0. The molecule has 1 N–H and O–H groups in total. The highest BCUT2D eigenvalue weighted by Gasteiger charge is 2.37. The molecule has 14 heavy (non-hydrogen) atoms. The number of hydrogen-bond donors (Lipinski definition) is 1. The van der Waals surface area contributed by atoms with Crippen molar-refractivity contribution in [3.05, 3.63) is 0 Å². The predicted octanol–water partition coefficient (Wildman–Crippen LogP) is 0.879. The predicted molar refractivity (Wildman–Crippen MR) is 40.4 cm³/mol. The molecule has 1 unspecified atom stereocenters. The smallest absolute Gasteiger partial charge is 0.312 e. The van der Waals surface area contributed by atoms with E-state index in [-0.39, 0.29) is 6.54 Å². The fourth-order valence-corrected chi connectivity index (χ4v) is 1.26. The van der Waals surface area contributed by atoms with Crippen LogP contribution in [0.15, 0.2) is 0 Å². The van der Waals surface area contributed by atoms with Crippen molar-refractivity contribution in [2.75, 3.05) is 6.54 Å². The largest absolute Gasteiger partial charge is 0.391 e. The van der Waals surface area contributed by atoms with E-state index in [4.69, 9.17) is 0 Å². The number of amides is 3. The molecule has 0 aromatic carbocycles. The van der Waals surface area contributed by atoms with E-state index in [2.05, 4.69) is 0 Å². The molecule has 4 nitrogen and oxygen atoms in total. The maximum Gasteiger partial charge on any atom is 0.391 e. The normalized spacial score (nSPS) is 19.9. The average Bonchev–Trinajstić information content (AvgIpc) is 2.26. The zero-order chi connectivity index (χ0) is 10.9. The standard InChI is InChI=1S/C7H9F3N2O2/c1-4(2-7(8,9)10)12-3-5(13)11-6(12)14/h4H,2-3H2,1H3,(H,11,13,14). The minimum atomic E-state index is -4.33. The first kappa shape index (κ1) is 10.8. The number of halogens is 3. The van der Waals surface area contributed by atoms with Gasteiger partial charge in [0.15, 0.2) is 0 Å². The highest BCUT2D eigenvalue weighted by atomic mass is 19.4. The Labute approximate surface area is 78.1 Å². The van der Waals surface area contributed by atoms with Gasteiger partial charge in [0.05, 0.1) is 6.42 Å². The summed E-state index contributed by atoms with van der Waals surface area (Å²) in [5.41, 5.74) is 0. The van der Waals surface area contributed by atoms with Gasteiger partial charge in [-0.25, -0.2) is 4.79 Å². The molecule has 0 aliphatic carbocycles. The van der Waals surface area contributed by atoms with E-state index in [1.54, 1.807) is 0 Å². The van der Waals surface area contributed by atoms with E-state index in [1.165, 1.54) is 6.92 Å². The van der Waals surface area contributed by atoms with Gasteiger partial charge < -0.3 is 4.90 Å². The van der Waals surface area contributed by atoms with Gasteiger partial charge in [0.1, 0.15) is 6.54 Å². The second-order valence-electron chi connectivity index (χ2n) is 3.15. The molecule has 1 aliphatic rings. The third-order valence-corrected chi connectivity index (χ3v) is 1.88. The summed E-state index contributed by atoms with van der Waals surface area (Å²) >= 11 is 0. The Bertz CT molecular complexity index is 264. The van der Waals surface area contributed by atoms with Crippen molar-refractivity contribution in [1.82, 2.24) is 10.2 Å². The Morgan fingerprint density at radius 1 is 1.50 bits per heavy atom. The van der Waals surface area contributed by atoms with Gasteiger partial charge in [0.2, 0.25) is 5.91 Å². The summed E-state index contributed by atoms with van der Waals surface area (Å²) in [6, 6.07) is -1.77. The second kappa shape index (κ2) is 3.47. The maximum atomic E-state index is 11.9. The van der Waals surface area contributed by atoms with E-state index >= 15 is 0 Å². The van der Waals surface area contributed by atoms with Gasteiger partial charge in [0.25, 0.3) is 0 Å². The molecule has 0 aromatic rings. The minimum absolute atomic E-state index is 0.296. The first-order chi connectivity index (χ1) is 6.29. The van der Waals surface area contributed by atoms with Crippen LogP contribution in [-0.4, -0.2) is 35.6 Å². The molecule has 0 aromatic heterocycles. The van der Waals surface area contributed by atoms with Gasteiger partial charge in [-0.3, -0.25) is 10.1 Å². The van der Waals surface area contributed by atoms with Crippen LogP contribution >= 0.6 is 0 Å². The van der Waals surface area contributed by atoms with Crippen LogP contribution in [0.5, 0.6) is 0 Å². The number of carbonyl (C=O) groups is 2. The van der Waals surface area contributed by atoms with Crippen LogP contribution in [-0.2, 0) is 4.79 Å². The Morgan fingerprint density at radius 3 is 2.43 bits per heavy atom. The number of nitrogens with one attached hydrogen (secondary N) is 1. The quantitative estimate of drug-likeness (QED) is 0.688. The molecule has 1 atom stereocenters. The van der Waals surface area contributed by atoms with Crippen LogP contribution in [0.3, 0.4) is 0 Å². The molecule has 80 valence electrons. The lowest BCUT2D eigenvalue weighted by molar-refractivity contribution is -0.144. The number of urea groups is 1. The number of hydrogen-bond acceptors (Lipinski definition) is 2. The van der Waals surface area contributed by atoms with Crippen molar-refractivity contribution in [1.29, 1.82) is 0 Å². The zero-order valence-electron chi connectivity index (χ0n) is 7.39. The molecule has 1 saturated heterocycles. The van der Waals surface area contributed by atoms with Gasteiger partial charge in [-0.1, -0.05) is 0 Å². The molecule has 0 bridgehead atoms. The highest BCUT2D eigenvalue weighted by molar-refractivity contribution is 6.02. The molecule has 1 rings (SSSR count). The van der Waals surface area contributed by atoms with Gasteiger partial charge in [0, 0.05) is 6.04 Å². The molecule has 7 heteroatoms. The first-order valence-corrected chi connectivity index (χ1v) is 3.97. The Kier molecular flexibility index (Phi) is 2.68. The monoisotopic (exact) mass is 210 g/mol. The lowest BCUT2D eigenvalue weighted by atomic mass is 10.2. The fourth-order valence-electron chi connectivity index (χ4n) is 1.26. The lowest BCUT2D eigenvalue weighted by Gasteiger charge is -2.22. The van der Waals surface area contributed by atoms with E-state index in [1.807, 2.05) is 5.32 Å². The lowest BCUT2D eigenvalue weighted by Crippen LogP contribution is -2.38. The number of imide groups is 1. The topological polar surface area (TPSA) is 49.4 Å². The van der Waals surface area contributed by atoms with Gasteiger partial charge >= 0.3 is 12.2 Å². The number of alkyl halides is 3. The second-order valence-corrected chi connectivity index (χ2v) is 3.15. The average molecular weight is 210 g/mol. The molecule has 0 spiro atoms. The van der Waals surface area contributed by atoms with E-state index in [0.717, 1.165) is 4.90 Å².